The molecule has 0 radical (unpaired) electrons. The Kier molecular flexibility index (Phi) is 3.52. The number of benzene rings is 1. The number of phenols is 1. The molecule has 3 aromatic rings. The number of hydrogen-bond acceptors (Lipinski definition) is 4. The predicted octanol–water partition coefficient (Wildman–Crippen LogP) is 3.48. The first-order valence-corrected chi connectivity index (χ1v) is 7.76. The van der Waals surface area contributed by atoms with E-state index in [-0.39, 0.29) is 17.5 Å². The first-order valence-electron chi connectivity index (χ1n) is 7.76. The molecule has 1 aliphatic rings. The minimum Gasteiger partial charge on any atom is -0.507 e. The monoisotopic (exact) mass is 349 g/mol. The van der Waals surface area contributed by atoms with Crippen LogP contribution >= 0.6 is 0 Å². The molecule has 0 aliphatic heterocycles. The molecule has 1 aromatic carbocycles. The number of nitrogens with zero attached hydrogens (tertiary/aromatic N) is 4. The van der Waals surface area contributed by atoms with Crippen LogP contribution in [0.5, 0.6) is 5.75 Å². The zero-order valence-electron chi connectivity index (χ0n) is 13.0. The Hall–Kier alpha value is -2.84. The third-order valence-electron chi connectivity index (χ3n) is 3.96. The van der Waals surface area contributed by atoms with E-state index in [1.807, 2.05) is 0 Å². The number of rotatable bonds is 4. The van der Waals surface area contributed by atoms with Crippen LogP contribution in [0.15, 0.2) is 30.3 Å². The Bertz CT molecular complexity index is 911. The number of aromatic amines is 1. The number of hydrogen-bond donors (Lipinski definition) is 2. The Morgan fingerprint density at radius 2 is 2.00 bits per heavy atom. The fourth-order valence-corrected chi connectivity index (χ4v) is 2.62. The van der Waals surface area contributed by atoms with E-state index in [9.17, 15) is 18.3 Å². The lowest BCUT2D eigenvalue weighted by Crippen LogP contribution is -2.19. The second-order valence-corrected chi connectivity index (χ2v) is 6.02. The fraction of sp³-hybridized carbons (Fsp3) is 0.312. The molecular formula is C16H14F3N5O. The third-order valence-corrected chi connectivity index (χ3v) is 3.96. The van der Waals surface area contributed by atoms with Gasteiger partial charge in [-0.05, 0) is 31.0 Å². The van der Waals surface area contributed by atoms with Gasteiger partial charge in [0.2, 0.25) is 0 Å². The summed E-state index contributed by atoms with van der Waals surface area (Å²) >= 11 is 0. The van der Waals surface area contributed by atoms with Gasteiger partial charge in [0, 0.05) is 11.5 Å². The summed E-state index contributed by atoms with van der Waals surface area (Å²) in [6.07, 6.45) is -2.62. The van der Waals surface area contributed by atoms with Crippen LogP contribution in [0.3, 0.4) is 0 Å². The molecular weight excluding hydrogens is 335 g/mol. The molecule has 4 rings (SSSR count). The van der Waals surface area contributed by atoms with Crippen LogP contribution in [0.2, 0.25) is 0 Å². The van der Waals surface area contributed by atoms with Crippen molar-refractivity contribution in [1.82, 2.24) is 25.0 Å². The summed E-state index contributed by atoms with van der Waals surface area (Å²) in [6, 6.07) is 8.16. The number of phenolic OH excluding ortho intramolecular Hbond substituents is 1. The molecule has 0 saturated heterocycles. The highest BCUT2D eigenvalue weighted by atomic mass is 19.4. The van der Waals surface area contributed by atoms with Gasteiger partial charge >= 0.3 is 6.18 Å². The first-order chi connectivity index (χ1) is 11.9. The SMILES string of the molecule is Oc1ccccc1-c1cc(-c2nc(C3CC3)nn2CC(F)(F)F)[nH]n1. The normalized spacial score (nSPS) is 14.8. The van der Waals surface area contributed by atoms with Crippen molar-refractivity contribution in [2.75, 3.05) is 0 Å². The quantitative estimate of drug-likeness (QED) is 0.756. The molecule has 1 fully saturated rings. The molecule has 2 N–H and O–H groups in total. The summed E-state index contributed by atoms with van der Waals surface area (Å²) in [5, 5.41) is 20.7. The van der Waals surface area contributed by atoms with Gasteiger partial charge in [-0.25, -0.2) is 9.67 Å². The van der Waals surface area contributed by atoms with Gasteiger partial charge in [-0.3, -0.25) is 5.10 Å². The van der Waals surface area contributed by atoms with Crippen LogP contribution in [-0.4, -0.2) is 36.2 Å². The van der Waals surface area contributed by atoms with Crippen LogP contribution in [-0.2, 0) is 6.54 Å². The topological polar surface area (TPSA) is 79.6 Å². The maximum atomic E-state index is 12.8. The molecule has 0 unspecified atom stereocenters. The summed E-state index contributed by atoms with van der Waals surface area (Å²) in [5.74, 6) is 0.691. The molecule has 25 heavy (non-hydrogen) atoms. The summed E-state index contributed by atoms with van der Waals surface area (Å²) in [6.45, 7) is -1.22. The van der Waals surface area contributed by atoms with Crippen molar-refractivity contribution in [3.63, 3.8) is 0 Å². The number of H-pyrrole nitrogens is 1. The van der Waals surface area contributed by atoms with Crippen LogP contribution in [0.4, 0.5) is 13.2 Å². The lowest BCUT2D eigenvalue weighted by molar-refractivity contribution is -0.142. The standard InChI is InChI=1S/C16H14F3N5O/c17-16(18,19)8-24-15(20-14(23-24)9-5-6-9)12-7-11(21-22-12)10-3-1-2-4-13(10)25/h1-4,7,9,25H,5-6,8H2,(H,21,22). The van der Waals surface area contributed by atoms with E-state index in [4.69, 9.17) is 0 Å². The summed E-state index contributed by atoms with van der Waals surface area (Å²) in [4.78, 5) is 4.27. The van der Waals surface area contributed by atoms with Crippen molar-refractivity contribution in [1.29, 1.82) is 0 Å². The van der Waals surface area contributed by atoms with E-state index in [1.165, 1.54) is 6.07 Å². The second-order valence-electron chi connectivity index (χ2n) is 6.02. The van der Waals surface area contributed by atoms with Gasteiger partial charge < -0.3 is 5.11 Å². The molecule has 0 atom stereocenters. The van der Waals surface area contributed by atoms with Gasteiger partial charge in [0.1, 0.15) is 18.0 Å². The van der Waals surface area contributed by atoms with Crippen LogP contribution in [0, 0.1) is 0 Å². The second kappa shape index (κ2) is 5.61. The van der Waals surface area contributed by atoms with Crippen molar-refractivity contribution in [3.05, 3.63) is 36.2 Å². The number of nitrogens with one attached hydrogen (secondary N) is 1. The molecule has 6 nitrogen and oxygen atoms in total. The van der Waals surface area contributed by atoms with Gasteiger partial charge in [-0.2, -0.15) is 23.4 Å². The molecule has 0 bridgehead atoms. The third kappa shape index (κ3) is 3.21. The summed E-state index contributed by atoms with van der Waals surface area (Å²) < 4.78 is 39.4. The molecule has 9 heteroatoms. The van der Waals surface area contributed by atoms with Crippen molar-refractivity contribution in [2.45, 2.75) is 31.5 Å². The van der Waals surface area contributed by atoms with Crippen LogP contribution in [0.1, 0.15) is 24.6 Å². The molecule has 2 aromatic heterocycles. The average molecular weight is 349 g/mol. The Morgan fingerprint density at radius 1 is 1.24 bits per heavy atom. The smallest absolute Gasteiger partial charge is 0.408 e. The van der Waals surface area contributed by atoms with Gasteiger partial charge in [0.25, 0.3) is 0 Å². The Balaban J connectivity index is 1.73. The molecule has 1 saturated carbocycles. The van der Waals surface area contributed by atoms with Gasteiger partial charge in [-0.15, -0.1) is 0 Å². The van der Waals surface area contributed by atoms with E-state index in [0.717, 1.165) is 17.5 Å². The van der Waals surface area contributed by atoms with Gasteiger partial charge in [0.15, 0.2) is 11.6 Å². The number of alkyl halides is 3. The highest BCUT2D eigenvalue weighted by molar-refractivity contribution is 5.70. The van der Waals surface area contributed by atoms with Crippen molar-refractivity contribution >= 4 is 0 Å². The molecule has 0 amide bonds. The van der Waals surface area contributed by atoms with Gasteiger partial charge in [0.05, 0.1) is 5.69 Å². The van der Waals surface area contributed by atoms with Crippen molar-refractivity contribution in [3.8, 4) is 28.5 Å². The Labute approximate surface area is 140 Å². The Morgan fingerprint density at radius 3 is 2.68 bits per heavy atom. The van der Waals surface area contributed by atoms with Crippen molar-refractivity contribution < 1.29 is 18.3 Å². The van der Waals surface area contributed by atoms with E-state index in [1.54, 1.807) is 24.3 Å². The van der Waals surface area contributed by atoms with Crippen LogP contribution in [0.25, 0.3) is 22.8 Å². The number of halogens is 3. The maximum Gasteiger partial charge on any atom is 0.408 e. The highest BCUT2D eigenvalue weighted by Gasteiger charge is 2.34. The van der Waals surface area contributed by atoms with E-state index >= 15 is 0 Å². The minimum absolute atomic E-state index is 0.0379. The first kappa shape index (κ1) is 15.7. The van der Waals surface area contributed by atoms with Gasteiger partial charge in [-0.1, -0.05) is 12.1 Å². The lowest BCUT2D eigenvalue weighted by Gasteiger charge is -2.07. The fourth-order valence-electron chi connectivity index (χ4n) is 2.62. The lowest BCUT2D eigenvalue weighted by atomic mass is 10.1. The number of aromatic nitrogens is 5. The van der Waals surface area contributed by atoms with E-state index in [0.29, 0.717) is 22.8 Å². The summed E-state index contributed by atoms with van der Waals surface area (Å²) in [5.41, 5.74) is 1.22. The molecule has 130 valence electrons. The largest absolute Gasteiger partial charge is 0.507 e. The number of aromatic hydroxyl groups is 1. The summed E-state index contributed by atoms with van der Waals surface area (Å²) in [7, 11) is 0. The maximum absolute atomic E-state index is 12.8. The average Bonchev–Trinajstić information content (AvgIpc) is 3.13. The molecule has 0 spiro atoms. The zero-order valence-corrected chi connectivity index (χ0v) is 13.0. The van der Waals surface area contributed by atoms with Crippen molar-refractivity contribution in [2.24, 2.45) is 0 Å². The predicted molar refractivity (Wildman–Crippen MR) is 82.7 cm³/mol. The highest BCUT2D eigenvalue weighted by Crippen LogP contribution is 2.39. The van der Waals surface area contributed by atoms with Crippen LogP contribution < -0.4 is 0 Å². The molecule has 1 aliphatic carbocycles. The van der Waals surface area contributed by atoms with E-state index in [2.05, 4.69) is 20.3 Å². The molecule has 2 heterocycles. The van der Waals surface area contributed by atoms with E-state index < -0.39 is 12.7 Å². The zero-order chi connectivity index (χ0) is 17.6. The minimum atomic E-state index is -4.40. The number of para-hydroxylation sites is 1.